The van der Waals surface area contributed by atoms with Crippen LogP contribution in [0.5, 0.6) is 0 Å². The van der Waals surface area contributed by atoms with E-state index in [0.717, 1.165) is 58.5 Å². The quantitative estimate of drug-likeness (QED) is 0.672. The molecule has 0 amide bonds. The van der Waals surface area contributed by atoms with Crippen LogP contribution in [0.25, 0.3) is 0 Å². The van der Waals surface area contributed by atoms with Crippen molar-refractivity contribution in [3.05, 3.63) is 0 Å². The number of carbonyl (C=O) groups is 1. The number of hydrogen-bond donors (Lipinski definition) is 0. The first kappa shape index (κ1) is 12.1. The Labute approximate surface area is 98.1 Å². The fourth-order valence-corrected chi connectivity index (χ4v) is 2.72. The van der Waals surface area contributed by atoms with Gasteiger partial charge in [-0.3, -0.25) is 4.79 Å². The van der Waals surface area contributed by atoms with Crippen molar-refractivity contribution < 1.29 is 9.53 Å². The number of carbonyl (C=O) groups excluding carboxylic acids is 1. The van der Waals surface area contributed by atoms with E-state index < -0.39 is 0 Å². The van der Waals surface area contributed by atoms with Crippen LogP contribution >= 0.6 is 0 Å². The van der Waals surface area contributed by atoms with E-state index in [1.54, 1.807) is 0 Å². The summed E-state index contributed by atoms with van der Waals surface area (Å²) in [7, 11) is 0. The SMILES string of the molecule is O=C1CCCCCC1CN1CCCOCC1. The first-order valence-electron chi connectivity index (χ1n) is 6.69. The van der Waals surface area contributed by atoms with E-state index in [2.05, 4.69) is 4.90 Å². The van der Waals surface area contributed by atoms with Crippen molar-refractivity contribution in [2.75, 3.05) is 32.8 Å². The first-order valence-corrected chi connectivity index (χ1v) is 6.69. The normalized spacial score (nSPS) is 29.8. The van der Waals surface area contributed by atoms with Gasteiger partial charge in [-0.25, -0.2) is 0 Å². The van der Waals surface area contributed by atoms with Gasteiger partial charge in [-0.1, -0.05) is 12.8 Å². The van der Waals surface area contributed by atoms with Crippen LogP contribution in [-0.2, 0) is 9.53 Å². The minimum atomic E-state index is 0.306. The zero-order valence-electron chi connectivity index (χ0n) is 10.1. The number of Topliss-reactive ketones (excluding diaryl/α,β-unsaturated/α-hetero) is 1. The molecule has 3 heteroatoms. The molecular weight excluding hydrogens is 202 g/mol. The number of nitrogens with zero attached hydrogens (tertiary/aromatic N) is 1. The average Bonchev–Trinajstić information content (AvgIpc) is 2.64. The monoisotopic (exact) mass is 225 g/mol. The molecule has 1 saturated heterocycles. The van der Waals surface area contributed by atoms with Gasteiger partial charge in [-0.15, -0.1) is 0 Å². The Hall–Kier alpha value is -0.410. The molecule has 0 radical (unpaired) electrons. The van der Waals surface area contributed by atoms with Gasteiger partial charge in [0.2, 0.25) is 0 Å². The molecule has 0 aromatic heterocycles. The number of hydrogen-bond acceptors (Lipinski definition) is 3. The molecular formula is C13H23NO2. The third kappa shape index (κ3) is 3.56. The van der Waals surface area contributed by atoms with Crippen LogP contribution in [0.3, 0.4) is 0 Å². The van der Waals surface area contributed by atoms with Gasteiger partial charge >= 0.3 is 0 Å². The van der Waals surface area contributed by atoms with E-state index in [0.29, 0.717) is 11.7 Å². The fraction of sp³-hybridized carbons (Fsp3) is 0.923. The van der Waals surface area contributed by atoms with Gasteiger partial charge in [0.1, 0.15) is 5.78 Å². The summed E-state index contributed by atoms with van der Waals surface area (Å²) < 4.78 is 5.44. The van der Waals surface area contributed by atoms with Crippen LogP contribution < -0.4 is 0 Å². The van der Waals surface area contributed by atoms with Crippen molar-refractivity contribution in [2.24, 2.45) is 5.92 Å². The molecule has 1 atom stereocenters. The smallest absolute Gasteiger partial charge is 0.137 e. The highest BCUT2D eigenvalue weighted by atomic mass is 16.5. The van der Waals surface area contributed by atoms with Gasteiger partial charge < -0.3 is 9.64 Å². The summed E-state index contributed by atoms with van der Waals surface area (Å²) in [5.74, 6) is 0.809. The zero-order valence-corrected chi connectivity index (χ0v) is 10.1. The van der Waals surface area contributed by atoms with Gasteiger partial charge in [-0.2, -0.15) is 0 Å². The maximum atomic E-state index is 11.9. The van der Waals surface area contributed by atoms with Crippen molar-refractivity contribution in [3.8, 4) is 0 Å². The molecule has 1 heterocycles. The molecule has 1 aliphatic carbocycles. The van der Waals surface area contributed by atoms with E-state index in [9.17, 15) is 4.79 Å². The van der Waals surface area contributed by atoms with Gasteiger partial charge in [0.15, 0.2) is 0 Å². The lowest BCUT2D eigenvalue weighted by Gasteiger charge is -2.24. The third-order valence-corrected chi connectivity index (χ3v) is 3.72. The van der Waals surface area contributed by atoms with Gasteiger partial charge in [0.25, 0.3) is 0 Å². The fourth-order valence-electron chi connectivity index (χ4n) is 2.72. The van der Waals surface area contributed by atoms with E-state index in [4.69, 9.17) is 4.74 Å². The number of ether oxygens (including phenoxy) is 1. The second-order valence-electron chi connectivity index (χ2n) is 5.03. The Morgan fingerprint density at radius 2 is 2.06 bits per heavy atom. The van der Waals surface area contributed by atoms with E-state index in [1.807, 2.05) is 0 Å². The summed E-state index contributed by atoms with van der Waals surface area (Å²) in [4.78, 5) is 14.3. The summed E-state index contributed by atoms with van der Waals surface area (Å²) in [6.07, 6.45) is 6.62. The molecule has 1 unspecified atom stereocenters. The van der Waals surface area contributed by atoms with Crippen LogP contribution in [0, 0.1) is 5.92 Å². The highest BCUT2D eigenvalue weighted by molar-refractivity contribution is 5.81. The molecule has 0 aromatic rings. The van der Waals surface area contributed by atoms with Gasteiger partial charge in [0, 0.05) is 38.6 Å². The highest BCUT2D eigenvalue weighted by Crippen LogP contribution is 2.21. The lowest BCUT2D eigenvalue weighted by Crippen LogP contribution is -2.34. The third-order valence-electron chi connectivity index (χ3n) is 3.72. The van der Waals surface area contributed by atoms with Crippen molar-refractivity contribution in [1.29, 1.82) is 0 Å². The Balaban J connectivity index is 1.83. The molecule has 2 rings (SSSR count). The highest BCUT2D eigenvalue weighted by Gasteiger charge is 2.23. The molecule has 1 saturated carbocycles. The lowest BCUT2D eigenvalue weighted by atomic mass is 9.98. The Morgan fingerprint density at radius 3 is 3.00 bits per heavy atom. The maximum Gasteiger partial charge on any atom is 0.137 e. The van der Waals surface area contributed by atoms with E-state index >= 15 is 0 Å². The first-order chi connectivity index (χ1) is 7.86. The van der Waals surface area contributed by atoms with Gasteiger partial charge in [-0.05, 0) is 19.3 Å². The van der Waals surface area contributed by atoms with Crippen LogP contribution in [0.1, 0.15) is 38.5 Å². The lowest BCUT2D eigenvalue weighted by molar-refractivity contribution is -0.123. The minimum Gasteiger partial charge on any atom is -0.380 e. The van der Waals surface area contributed by atoms with Crippen molar-refractivity contribution in [2.45, 2.75) is 38.5 Å². The number of rotatable bonds is 2. The molecule has 0 spiro atoms. The molecule has 0 N–H and O–H groups in total. The Morgan fingerprint density at radius 1 is 1.12 bits per heavy atom. The summed E-state index contributed by atoms with van der Waals surface area (Å²) in [5.41, 5.74) is 0. The Bertz CT molecular complexity index is 222. The predicted octanol–water partition coefficient (Wildman–Crippen LogP) is 1.86. The van der Waals surface area contributed by atoms with Crippen molar-refractivity contribution in [3.63, 3.8) is 0 Å². The summed E-state index contributed by atoms with van der Waals surface area (Å²) in [6.45, 7) is 4.80. The molecule has 0 bridgehead atoms. The van der Waals surface area contributed by atoms with Crippen LogP contribution in [-0.4, -0.2) is 43.5 Å². The van der Waals surface area contributed by atoms with E-state index in [-0.39, 0.29) is 0 Å². The molecule has 92 valence electrons. The maximum absolute atomic E-state index is 11.9. The molecule has 2 fully saturated rings. The average molecular weight is 225 g/mol. The molecule has 2 aliphatic rings. The molecule has 1 aliphatic heterocycles. The molecule has 16 heavy (non-hydrogen) atoms. The van der Waals surface area contributed by atoms with Crippen LogP contribution in [0.4, 0.5) is 0 Å². The Kier molecular flexibility index (Phi) is 4.79. The zero-order chi connectivity index (χ0) is 11.2. The second kappa shape index (κ2) is 6.36. The summed E-state index contributed by atoms with van der Waals surface area (Å²) in [5, 5.41) is 0. The molecule has 0 aromatic carbocycles. The molecule has 3 nitrogen and oxygen atoms in total. The van der Waals surface area contributed by atoms with Gasteiger partial charge in [0.05, 0.1) is 6.61 Å². The predicted molar refractivity (Wildman–Crippen MR) is 63.5 cm³/mol. The van der Waals surface area contributed by atoms with E-state index in [1.165, 1.54) is 12.8 Å². The topological polar surface area (TPSA) is 29.5 Å². The standard InChI is InChI=1S/C13H23NO2/c15-13-6-3-1-2-5-12(13)11-14-7-4-9-16-10-8-14/h12H,1-11H2. The van der Waals surface area contributed by atoms with Crippen LogP contribution in [0.2, 0.25) is 0 Å². The summed E-state index contributed by atoms with van der Waals surface area (Å²) >= 11 is 0. The van der Waals surface area contributed by atoms with Crippen molar-refractivity contribution in [1.82, 2.24) is 4.90 Å². The second-order valence-corrected chi connectivity index (χ2v) is 5.03. The minimum absolute atomic E-state index is 0.306. The van der Waals surface area contributed by atoms with Crippen molar-refractivity contribution >= 4 is 5.78 Å². The largest absolute Gasteiger partial charge is 0.380 e. The van der Waals surface area contributed by atoms with Crippen LogP contribution in [0.15, 0.2) is 0 Å². The summed E-state index contributed by atoms with van der Waals surface area (Å²) in [6, 6.07) is 0. The number of ketones is 1.